The zero-order valence-electron chi connectivity index (χ0n) is 11.5. The van der Waals surface area contributed by atoms with Crippen LogP contribution in [0.5, 0.6) is 0 Å². The summed E-state index contributed by atoms with van der Waals surface area (Å²) in [6, 6.07) is 4.08. The molecule has 6 heteroatoms. The van der Waals surface area contributed by atoms with Crippen molar-refractivity contribution in [2.45, 2.75) is 18.9 Å². The lowest BCUT2D eigenvalue weighted by molar-refractivity contribution is 0.101. The summed E-state index contributed by atoms with van der Waals surface area (Å²) in [5, 5.41) is 10.6. The molecule has 0 spiro atoms. The Balaban J connectivity index is 1.68. The van der Waals surface area contributed by atoms with Crippen molar-refractivity contribution in [1.82, 2.24) is 19.7 Å². The van der Waals surface area contributed by atoms with Crippen LogP contribution in [0.1, 0.15) is 29.4 Å². The van der Waals surface area contributed by atoms with Gasteiger partial charge in [0.2, 0.25) is 0 Å². The maximum Gasteiger partial charge on any atom is 0.272 e. The average Bonchev–Trinajstić information content (AvgIpc) is 3.09. The quantitative estimate of drug-likeness (QED) is 0.888. The third-order valence-corrected chi connectivity index (χ3v) is 3.72. The number of aromatic nitrogens is 3. The summed E-state index contributed by atoms with van der Waals surface area (Å²) in [5.74, 6) is -0.109. The molecule has 106 valence electrons. The van der Waals surface area contributed by atoms with Crippen molar-refractivity contribution in [3.8, 4) is 0 Å². The Morgan fingerprint density at radius 2 is 2.25 bits per heavy atom. The van der Waals surface area contributed by atoms with Crippen molar-refractivity contribution in [2.75, 3.05) is 18.4 Å². The van der Waals surface area contributed by atoms with E-state index < -0.39 is 0 Å². The Bertz CT molecular complexity index is 594. The minimum absolute atomic E-state index is 0.109. The average molecular weight is 273 g/mol. The minimum atomic E-state index is -0.109. The fourth-order valence-electron chi connectivity index (χ4n) is 2.57. The number of aryl methyl sites for hydroxylation is 1. The lowest BCUT2D eigenvalue weighted by Gasteiger charge is -2.22. The number of carbonyl (C=O) groups excluding carboxylic acids is 1. The largest absolute Gasteiger partial charge is 0.347 e. The van der Waals surface area contributed by atoms with Gasteiger partial charge in [-0.2, -0.15) is 5.10 Å². The molecule has 1 aliphatic rings. The number of nitrogens with zero attached hydrogens (tertiary/aromatic N) is 3. The van der Waals surface area contributed by atoms with Crippen LogP contribution in [-0.4, -0.2) is 33.3 Å². The number of piperidine rings is 1. The highest BCUT2D eigenvalue weighted by Crippen LogP contribution is 2.19. The smallest absolute Gasteiger partial charge is 0.272 e. The van der Waals surface area contributed by atoms with E-state index in [0.29, 0.717) is 11.7 Å². The number of nitrogens with one attached hydrogen (secondary N) is 2. The molecular formula is C14H19N5O. The Morgan fingerprint density at radius 3 is 2.95 bits per heavy atom. The van der Waals surface area contributed by atoms with Crippen molar-refractivity contribution in [3.05, 3.63) is 36.4 Å². The van der Waals surface area contributed by atoms with Gasteiger partial charge in [-0.3, -0.25) is 9.48 Å². The standard InChI is InChI=1S/C14H19N5O/c1-18-8-2-3-13(18)14(20)17-11-9-16-19(10-11)12-4-6-15-7-5-12/h2-3,8-10,12,15H,4-7H2,1H3,(H,17,20). The van der Waals surface area contributed by atoms with Gasteiger partial charge in [0, 0.05) is 19.4 Å². The molecule has 0 saturated carbocycles. The molecule has 6 nitrogen and oxygen atoms in total. The Morgan fingerprint density at radius 1 is 1.45 bits per heavy atom. The van der Waals surface area contributed by atoms with Crippen molar-refractivity contribution < 1.29 is 4.79 Å². The second kappa shape index (κ2) is 5.50. The van der Waals surface area contributed by atoms with Crippen LogP contribution in [0.3, 0.4) is 0 Å². The molecule has 0 unspecified atom stereocenters. The molecule has 1 fully saturated rings. The molecule has 0 bridgehead atoms. The summed E-state index contributed by atoms with van der Waals surface area (Å²) >= 11 is 0. The third-order valence-electron chi connectivity index (χ3n) is 3.72. The van der Waals surface area contributed by atoms with Crippen LogP contribution in [0.15, 0.2) is 30.7 Å². The van der Waals surface area contributed by atoms with Gasteiger partial charge in [0.25, 0.3) is 5.91 Å². The van der Waals surface area contributed by atoms with Gasteiger partial charge < -0.3 is 15.2 Å². The summed E-state index contributed by atoms with van der Waals surface area (Å²) in [4.78, 5) is 12.1. The van der Waals surface area contributed by atoms with E-state index in [4.69, 9.17) is 0 Å². The van der Waals surface area contributed by atoms with Crippen LogP contribution in [0.4, 0.5) is 5.69 Å². The first-order chi connectivity index (χ1) is 9.74. The monoisotopic (exact) mass is 273 g/mol. The van der Waals surface area contributed by atoms with Gasteiger partial charge >= 0.3 is 0 Å². The highest BCUT2D eigenvalue weighted by molar-refractivity contribution is 6.03. The predicted molar refractivity (Wildman–Crippen MR) is 76.7 cm³/mol. The first kappa shape index (κ1) is 12.9. The Labute approximate surface area is 117 Å². The van der Waals surface area contributed by atoms with Crippen LogP contribution >= 0.6 is 0 Å². The summed E-state index contributed by atoms with van der Waals surface area (Å²) in [6.45, 7) is 2.05. The van der Waals surface area contributed by atoms with E-state index in [1.165, 1.54) is 0 Å². The topological polar surface area (TPSA) is 63.9 Å². The molecule has 1 saturated heterocycles. The first-order valence-electron chi connectivity index (χ1n) is 6.91. The van der Waals surface area contributed by atoms with Crippen LogP contribution in [-0.2, 0) is 7.05 Å². The fraction of sp³-hybridized carbons (Fsp3) is 0.429. The van der Waals surface area contributed by atoms with Crippen LogP contribution in [0.2, 0.25) is 0 Å². The second-order valence-corrected chi connectivity index (χ2v) is 5.15. The summed E-state index contributed by atoms with van der Waals surface area (Å²) < 4.78 is 3.76. The molecule has 0 aliphatic carbocycles. The van der Waals surface area contributed by atoms with E-state index in [1.807, 2.05) is 30.2 Å². The molecule has 0 radical (unpaired) electrons. The van der Waals surface area contributed by atoms with E-state index in [0.717, 1.165) is 31.6 Å². The highest BCUT2D eigenvalue weighted by atomic mass is 16.1. The van der Waals surface area contributed by atoms with Gasteiger partial charge in [0.15, 0.2) is 0 Å². The summed E-state index contributed by atoms with van der Waals surface area (Å²) in [5.41, 5.74) is 1.38. The maximum atomic E-state index is 12.1. The SMILES string of the molecule is Cn1cccc1C(=O)Nc1cnn(C2CCNCC2)c1. The zero-order valence-corrected chi connectivity index (χ0v) is 11.5. The molecule has 1 aliphatic heterocycles. The molecule has 0 aromatic carbocycles. The van der Waals surface area contributed by atoms with Crippen LogP contribution in [0, 0.1) is 0 Å². The Kier molecular flexibility index (Phi) is 3.56. The van der Waals surface area contributed by atoms with E-state index in [9.17, 15) is 4.79 Å². The molecule has 2 N–H and O–H groups in total. The molecule has 3 rings (SSSR count). The van der Waals surface area contributed by atoms with E-state index >= 15 is 0 Å². The van der Waals surface area contributed by atoms with Gasteiger partial charge in [-0.25, -0.2) is 0 Å². The third kappa shape index (κ3) is 2.60. The second-order valence-electron chi connectivity index (χ2n) is 5.15. The normalized spacial score (nSPS) is 16.2. The zero-order chi connectivity index (χ0) is 13.9. The molecular weight excluding hydrogens is 254 g/mol. The first-order valence-corrected chi connectivity index (χ1v) is 6.91. The number of hydrogen-bond acceptors (Lipinski definition) is 3. The number of amides is 1. The van der Waals surface area contributed by atoms with Gasteiger partial charge in [-0.05, 0) is 38.1 Å². The lowest BCUT2D eigenvalue weighted by atomic mass is 10.1. The van der Waals surface area contributed by atoms with E-state index in [1.54, 1.807) is 16.8 Å². The van der Waals surface area contributed by atoms with Gasteiger partial charge in [0.05, 0.1) is 17.9 Å². The number of hydrogen-bond donors (Lipinski definition) is 2. The minimum Gasteiger partial charge on any atom is -0.347 e. The van der Waals surface area contributed by atoms with Crippen LogP contribution in [0.25, 0.3) is 0 Å². The molecule has 3 heterocycles. The van der Waals surface area contributed by atoms with Crippen LogP contribution < -0.4 is 10.6 Å². The number of carbonyl (C=O) groups is 1. The number of anilines is 1. The van der Waals surface area contributed by atoms with Crippen molar-refractivity contribution in [3.63, 3.8) is 0 Å². The summed E-state index contributed by atoms with van der Waals surface area (Å²) in [7, 11) is 1.85. The Hall–Kier alpha value is -2.08. The van der Waals surface area contributed by atoms with E-state index in [-0.39, 0.29) is 5.91 Å². The van der Waals surface area contributed by atoms with Crippen molar-refractivity contribution >= 4 is 11.6 Å². The van der Waals surface area contributed by atoms with Crippen molar-refractivity contribution in [1.29, 1.82) is 0 Å². The molecule has 2 aromatic rings. The van der Waals surface area contributed by atoms with Gasteiger partial charge in [-0.15, -0.1) is 0 Å². The molecule has 20 heavy (non-hydrogen) atoms. The van der Waals surface area contributed by atoms with E-state index in [2.05, 4.69) is 15.7 Å². The lowest BCUT2D eigenvalue weighted by Crippen LogP contribution is -2.29. The predicted octanol–water partition coefficient (Wildman–Crippen LogP) is 1.40. The molecule has 2 aromatic heterocycles. The fourth-order valence-corrected chi connectivity index (χ4v) is 2.57. The van der Waals surface area contributed by atoms with Crippen molar-refractivity contribution in [2.24, 2.45) is 7.05 Å². The molecule has 0 atom stereocenters. The molecule has 1 amide bonds. The highest BCUT2D eigenvalue weighted by Gasteiger charge is 2.16. The number of rotatable bonds is 3. The van der Waals surface area contributed by atoms with Gasteiger partial charge in [0.1, 0.15) is 5.69 Å². The summed E-state index contributed by atoms with van der Waals surface area (Å²) in [6.07, 6.45) is 7.63. The maximum absolute atomic E-state index is 12.1. The van der Waals surface area contributed by atoms with Gasteiger partial charge in [-0.1, -0.05) is 0 Å².